The molecule has 11 heteroatoms. The second kappa shape index (κ2) is 14.4. The van der Waals surface area contributed by atoms with Crippen LogP contribution in [0.1, 0.15) is 76.1 Å². The number of halogens is 2. The highest BCUT2D eigenvalue weighted by molar-refractivity contribution is 7.92. The Morgan fingerprint density at radius 3 is 2.06 bits per heavy atom. The number of aryl methyl sites for hydroxylation is 1. The van der Waals surface area contributed by atoms with E-state index in [2.05, 4.69) is 0 Å². The maximum absolute atomic E-state index is 14.9. The van der Waals surface area contributed by atoms with Gasteiger partial charge in [-0.25, -0.2) is 16.8 Å². The summed E-state index contributed by atoms with van der Waals surface area (Å²) in [5.74, 6) is -2.70. The fraction of sp³-hybridized carbons (Fsp3) is 0.444. The molecule has 1 aliphatic rings. The molecule has 0 saturated carbocycles. The van der Waals surface area contributed by atoms with Gasteiger partial charge >= 0.3 is 0 Å². The van der Waals surface area contributed by atoms with Crippen LogP contribution in [-0.2, 0) is 29.3 Å². The van der Waals surface area contributed by atoms with Crippen molar-refractivity contribution in [3.8, 4) is 0 Å². The number of ketones is 1. The molecule has 47 heavy (non-hydrogen) atoms. The van der Waals surface area contributed by atoms with E-state index in [-0.39, 0.29) is 29.4 Å². The van der Waals surface area contributed by atoms with Crippen molar-refractivity contribution < 1.29 is 26.4 Å². The molecule has 0 bridgehead atoms. The third-order valence-corrected chi connectivity index (χ3v) is 13.6. The maximum atomic E-state index is 14.9. The van der Waals surface area contributed by atoms with Gasteiger partial charge in [0.2, 0.25) is 5.91 Å². The lowest BCUT2D eigenvalue weighted by Gasteiger charge is -2.53. The molecule has 0 N–H and O–H groups in total. The number of piperidine rings is 1. The fourth-order valence-corrected chi connectivity index (χ4v) is 9.44. The number of nitrogens with zero attached hydrogens (tertiary/aromatic N) is 1. The van der Waals surface area contributed by atoms with E-state index in [1.165, 1.54) is 12.1 Å². The zero-order chi connectivity index (χ0) is 34.9. The quantitative estimate of drug-likeness (QED) is 0.191. The first-order chi connectivity index (χ1) is 21.8. The summed E-state index contributed by atoms with van der Waals surface area (Å²) in [5, 5.41) is 0.335. The van der Waals surface area contributed by atoms with Crippen LogP contribution >= 0.6 is 23.2 Å². The minimum Gasteiger partial charge on any atom is -0.330 e. The first kappa shape index (κ1) is 37.1. The molecule has 1 saturated heterocycles. The average Bonchev–Trinajstić information content (AvgIpc) is 2.97. The van der Waals surface area contributed by atoms with Gasteiger partial charge in [0.15, 0.2) is 19.7 Å². The van der Waals surface area contributed by atoms with Crippen molar-refractivity contribution in [3.05, 3.63) is 99.5 Å². The van der Waals surface area contributed by atoms with Crippen molar-refractivity contribution in [1.29, 1.82) is 0 Å². The third kappa shape index (κ3) is 8.48. The van der Waals surface area contributed by atoms with Gasteiger partial charge in [0, 0.05) is 28.4 Å². The molecule has 1 aliphatic heterocycles. The molecule has 3 aromatic carbocycles. The number of likely N-dealkylation sites (tertiary alicyclic amines) is 1. The van der Waals surface area contributed by atoms with Gasteiger partial charge in [-0.05, 0) is 80.6 Å². The van der Waals surface area contributed by atoms with E-state index in [9.17, 15) is 26.4 Å². The largest absolute Gasteiger partial charge is 0.330 e. The Morgan fingerprint density at radius 2 is 1.51 bits per heavy atom. The Labute approximate surface area is 289 Å². The Balaban J connectivity index is 1.86. The first-order valence-electron chi connectivity index (χ1n) is 15.7. The molecule has 0 aromatic heterocycles. The van der Waals surface area contributed by atoms with Crippen LogP contribution in [0.5, 0.6) is 0 Å². The molecule has 3 aromatic rings. The van der Waals surface area contributed by atoms with Gasteiger partial charge in [-0.3, -0.25) is 9.59 Å². The molecule has 1 heterocycles. The van der Waals surface area contributed by atoms with Crippen LogP contribution in [0.25, 0.3) is 0 Å². The van der Waals surface area contributed by atoms with E-state index in [1.54, 1.807) is 56.0 Å². The maximum Gasteiger partial charge on any atom is 0.229 e. The molecule has 1 fully saturated rings. The number of carbonyl (C=O) groups excluding carboxylic acids is 2. The number of hydrogen-bond acceptors (Lipinski definition) is 6. The number of amides is 1. The standard InChI is InChI=1S/C36H43Cl2NO6S2/c1-23(2)33(22-46(42,43)24(3)4)39-34(26-12-14-28(37)15-13-26)32(27-8-7-9-29(38)18-27)20-36(6,35(39)41)19-30(40)21-47(44,45)31-16-10-25(5)11-17-31/h7-18,23-24,32-34H,19-22H2,1-6H3/t32-,33-,34-,36+/m1/s1. The monoisotopic (exact) mass is 719 g/mol. The summed E-state index contributed by atoms with van der Waals surface area (Å²) in [4.78, 5) is 30.3. The highest BCUT2D eigenvalue weighted by Gasteiger charge is 2.53. The van der Waals surface area contributed by atoms with Crippen molar-refractivity contribution in [2.75, 3.05) is 11.5 Å². The van der Waals surface area contributed by atoms with E-state index in [4.69, 9.17) is 23.2 Å². The van der Waals surface area contributed by atoms with Crippen LogP contribution in [0.2, 0.25) is 10.0 Å². The Kier molecular flexibility index (Phi) is 11.4. The summed E-state index contributed by atoms with van der Waals surface area (Å²) in [6.07, 6.45) is -0.131. The minimum atomic E-state index is -3.96. The lowest BCUT2D eigenvalue weighted by Crippen LogP contribution is -2.59. The third-order valence-electron chi connectivity index (χ3n) is 9.16. The molecule has 254 valence electrons. The van der Waals surface area contributed by atoms with E-state index < -0.39 is 65.8 Å². The second-order valence-electron chi connectivity index (χ2n) is 13.6. The second-order valence-corrected chi connectivity index (χ2v) is 19.1. The molecule has 4 atom stereocenters. The molecule has 0 unspecified atom stereocenters. The van der Waals surface area contributed by atoms with Crippen LogP contribution < -0.4 is 0 Å². The number of carbonyl (C=O) groups is 2. The van der Waals surface area contributed by atoms with Gasteiger partial charge < -0.3 is 4.90 Å². The SMILES string of the molecule is Cc1ccc(S(=O)(=O)CC(=O)C[C@@]2(C)C[C@H](c3cccc(Cl)c3)[C@@H](c3ccc(Cl)cc3)N([C@H](CS(=O)(=O)C(C)C)C(C)C)C2=O)cc1. The van der Waals surface area contributed by atoms with Gasteiger partial charge in [-0.15, -0.1) is 0 Å². The van der Waals surface area contributed by atoms with Gasteiger partial charge in [0.25, 0.3) is 0 Å². The number of sulfone groups is 2. The number of benzene rings is 3. The van der Waals surface area contributed by atoms with Gasteiger partial charge in [-0.2, -0.15) is 0 Å². The Bertz CT molecular complexity index is 1820. The highest BCUT2D eigenvalue weighted by atomic mass is 35.5. The van der Waals surface area contributed by atoms with Gasteiger partial charge in [0.05, 0.1) is 27.4 Å². The van der Waals surface area contributed by atoms with Crippen molar-refractivity contribution in [1.82, 2.24) is 4.90 Å². The summed E-state index contributed by atoms with van der Waals surface area (Å²) < 4.78 is 53.4. The topological polar surface area (TPSA) is 106 Å². The number of hydrogen-bond donors (Lipinski definition) is 0. The molecule has 4 rings (SSSR count). The van der Waals surface area contributed by atoms with Crippen LogP contribution in [0.3, 0.4) is 0 Å². The number of rotatable bonds is 12. The fourth-order valence-electron chi connectivity index (χ4n) is 6.46. The van der Waals surface area contributed by atoms with Gasteiger partial charge in [-0.1, -0.05) is 85.9 Å². The van der Waals surface area contributed by atoms with E-state index in [0.29, 0.717) is 10.0 Å². The summed E-state index contributed by atoms with van der Waals surface area (Å²) in [5.41, 5.74) is 1.12. The zero-order valence-corrected chi connectivity index (χ0v) is 30.8. The predicted octanol–water partition coefficient (Wildman–Crippen LogP) is 7.65. The highest BCUT2D eigenvalue weighted by Crippen LogP contribution is 2.52. The van der Waals surface area contributed by atoms with Crippen LogP contribution in [0.4, 0.5) is 0 Å². The smallest absolute Gasteiger partial charge is 0.229 e. The molecular weight excluding hydrogens is 677 g/mol. The van der Waals surface area contributed by atoms with Crippen molar-refractivity contribution >= 4 is 54.6 Å². The van der Waals surface area contributed by atoms with E-state index in [0.717, 1.165) is 16.7 Å². The van der Waals surface area contributed by atoms with Crippen LogP contribution in [0.15, 0.2) is 77.7 Å². The molecule has 1 amide bonds. The summed E-state index contributed by atoms with van der Waals surface area (Å²) >= 11 is 12.7. The molecule has 0 spiro atoms. The normalized spacial score (nSPS) is 21.3. The predicted molar refractivity (Wildman–Crippen MR) is 188 cm³/mol. The Morgan fingerprint density at radius 1 is 0.894 bits per heavy atom. The molecular formula is C36H43Cl2NO6S2. The van der Waals surface area contributed by atoms with Crippen molar-refractivity contribution in [2.45, 2.75) is 82.5 Å². The number of Topliss-reactive ketones (excluding diaryl/α,β-unsaturated/α-hetero) is 1. The lowest BCUT2D eigenvalue weighted by molar-refractivity contribution is -0.157. The lowest BCUT2D eigenvalue weighted by atomic mass is 9.66. The van der Waals surface area contributed by atoms with E-state index in [1.807, 2.05) is 51.1 Å². The summed E-state index contributed by atoms with van der Waals surface area (Å²) in [7, 11) is -7.58. The van der Waals surface area contributed by atoms with Crippen molar-refractivity contribution in [3.63, 3.8) is 0 Å². The zero-order valence-electron chi connectivity index (χ0n) is 27.6. The summed E-state index contributed by atoms with van der Waals surface area (Å²) in [6.45, 7) is 10.5. The minimum absolute atomic E-state index is 0.0385. The molecule has 0 radical (unpaired) electrons. The average molecular weight is 721 g/mol. The first-order valence-corrected chi connectivity index (χ1v) is 19.8. The molecule has 0 aliphatic carbocycles. The Hall–Kier alpha value is -2.72. The van der Waals surface area contributed by atoms with E-state index >= 15 is 0 Å². The summed E-state index contributed by atoms with van der Waals surface area (Å²) in [6, 6.07) is 19.4. The van der Waals surface area contributed by atoms with Crippen LogP contribution in [-0.4, -0.2) is 56.2 Å². The van der Waals surface area contributed by atoms with Crippen LogP contribution in [0, 0.1) is 18.3 Å². The van der Waals surface area contributed by atoms with Crippen molar-refractivity contribution in [2.24, 2.45) is 11.3 Å². The molecule has 7 nitrogen and oxygen atoms in total. The van der Waals surface area contributed by atoms with Gasteiger partial charge in [0.1, 0.15) is 11.5 Å².